The van der Waals surface area contributed by atoms with Crippen LogP contribution in [0.25, 0.3) is 0 Å². The molecule has 0 saturated carbocycles. The average Bonchev–Trinajstić information content (AvgIpc) is 1.35. The molecular weight excluding hydrogens is 100 g/mol. The van der Waals surface area contributed by atoms with Gasteiger partial charge in [-0.25, -0.2) is 0 Å². The lowest BCUT2D eigenvalue weighted by atomic mass is 10.8. The first-order valence-electron chi connectivity index (χ1n) is 1.48. The van der Waals surface area contributed by atoms with E-state index in [0.29, 0.717) is 0 Å². The van der Waals surface area contributed by atoms with E-state index in [1.54, 1.807) is 6.92 Å². The summed E-state index contributed by atoms with van der Waals surface area (Å²) in [6.45, 7) is 1.65. The van der Waals surface area contributed by atoms with Crippen molar-refractivity contribution in [2.45, 2.75) is 6.92 Å². The first-order chi connectivity index (χ1) is 2.77. The van der Waals surface area contributed by atoms with Crippen molar-refractivity contribution >= 4 is 11.1 Å². The Hall–Kier alpha value is -0.150. The first-order valence-corrected chi connectivity index (χ1v) is 2.62. The molecule has 36 valence electrons. The molecule has 0 heterocycles. The molecule has 0 rings (SSSR count). The smallest absolute Gasteiger partial charge is 0.0158 e. The second-order valence-electron chi connectivity index (χ2n) is 0.730. The van der Waals surface area contributed by atoms with Gasteiger partial charge in [-0.05, 0) is 23.4 Å². The second kappa shape index (κ2) is 3.06. The largest absolute Gasteiger partial charge is 0.769 e. The number of allylic oxidation sites excluding steroid dienone is 1. The molecule has 0 fully saturated rings. The van der Waals surface area contributed by atoms with E-state index in [1.165, 1.54) is 6.08 Å². The molecule has 0 aromatic carbocycles. The van der Waals surface area contributed by atoms with E-state index in [1.807, 2.05) is 0 Å². The summed E-state index contributed by atoms with van der Waals surface area (Å²) < 4.78 is 19.0. The van der Waals surface area contributed by atoms with E-state index in [9.17, 15) is 8.76 Å². The highest BCUT2D eigenvalue weighted by Gasteiger charge is 1.58. The van der Waals surface area contributed by atoms with Crippen LogP contribution in [0.2, 0.25) is 0 Å². The summed E-state index contributed by atoms with van der Waals surface area (Å²) in [5.74, 6) is 0. The molecule has 0 spiro atoms. The van der Waals surface area contributed by atoms with E-state index in [4.69, 9.17) is 0 Å². The molecule has 1 unspecified atom stereocenters. The van der Waals surface area contributed by atoms with Gasteiger partial charge in [0, 0.05) is 0 Å². The van der Waals surface area contributed by atoms with Crippen molar-refractivity contribution < 1.29 is 8.76 Å². The molecule has 6 heavy (non-hydrogen) atoms. The molecule has 0 aliphatic carbocycles. The Kier molecular flexibility index (Phi) is 2.98. The molecule has 0 aliphatic heterocycles. The molecule has 0 aromatic rings. The molecular formula is C3H5O2S-. The average molecular weight is 105 g/mol. The van der Waals surface area contributed by atoms with Crippen LogP contribution >= 0.6 is 0 Å². The van der Waals surface area contributed by atoms with Gasteiger partial charge in [0.15, 0.2) is 0 Å². The van der Waals surface area contributed by atoms with Crippen LogP contribution in [0.4, 0.5) is 0 Å². The van der Waals surface area contributed by atoms with Crippen LogP contribution in [-0.2, 0) is 11.1 Å². The lowest BCUT2D eigenvalue weighted by Gasteiger charge is -1.90. The molecule has 1 atom stereocenters. The van der Waals surface area contributed by atoms with Crippen LogP contribution in [0.5, 0.6) is 0 Å². The molecule has 0 aromatic heterocycles. The summed E-state index contributed by atoms with van der Waals surface area (Å²) in [6, 6.07) is 0. The maximum Gasteiger partial charge on any atom is -0.0158 e. The number of hydrogen-bond donors (Lipinski definition) is 0. The number of rotatable bonds is 1. The van der Waals surface area contributed by atoms with Crippen LogP contribution < -0.4 is 0 Å². The van der Waals surface area contributed by atoms with Crippen molar-refractivity contribution in [1.29, 1.82) is 0 Å². The fourth-order valence-corrected chi connectivity index (χ4v) is 0.333. The van der Waals surface area contributed by atoms with Gasteiger partial charge in [-0.15, -0.1) is 0 Å². The maximum absolute atomic E-state index is 9.51. The van der Waals surface area contributed by atoms with Gasteiger partial charge >= 0.3 is 0 Å². The van der Waals surface area contributed by atoms with Gasteiger partial charge in [-0.1, -0.05) is 6.08 Å². The first kappa shape index (κ1) is 5.85. The van der Waals surface area contributed by atoms with Crippen molar-refractivity contribution in [3.8, 4) is 0 Å². The topological polar surface area (TPSA) is 40.1 Å². The minimum atomic E-state index is -2.00. The van der Waals surface area contributed by atoms with Crippen LogP contribution in [0.15, 0.2) is 11.5 Å². The molecule has 0 amide bonds. The van der Waals surface area contributed by atoms with Gasteiger partial charge in [0.1, 0.15) is 0 Å². The summed E-state index contributed by atoms with van der Waals surface area (Å²) in [6.07, 6.45) is 1.46. The predicted octanol–water partition coefficient (Wildman–Crippen LogP) is 0.399. The second-order valence-corrected chi connectivity index (χ2v) is 1.52. The zero-order valence-corrected chi connectivity index (χ0v) is 4.20. The Morgan fingerprint density at radius 3 is 2.33 bits per heavy atom. The normalized spacial score (nSPS) is 15.7. The minimum Gasteiger partial charge on any atom is -0.769 e. The third-order valence-corrected chi connectivity index (χ3v) is 0.742. The number of hydrogen-bond acceptors (Lipinski definition) is 2. The summed E-state index contributed by atoms with van der Waals surface area (Å²) in [5, 5.41) is 1.08. The van der Waals surface area contributed by atoms with Gasteiger partial charge < -0.3 is 4.55 Å². The van der Waals surface area contributed by atoms with E-state index in [0.717, 1.165) is 5.41 Å². The summed E-state index contributed by atoms with van der Waals surface area (Å²) in [7, 11) is 0. The highest BCUT2D eigenvalue weighted by Crippen LogP contribution is 1.72. The van der Waals surface area contributed by atoms with Crippen molar-refractivity contribution in [3.63, 3.8) is 0 Å². The third kappa shape index (κ3) is 3.85. The van der Waals surface area contributed by atoms with Gasteiger partial charge in [0.05, 0.1) is 0 Å². The van der Waals surface area contributed by atoms with Crippen molar-refractivity contribution in [2.24, 2.45) is 0 Å². The minimum absolute atomic E-state index is 1.08. The SMILES string of the molecule is CC=CS(=O)[O-]. The summed E-state index contributed by atoms with van der Waals surface area (Å²) in [5.41, 5.74) is 0. The lowest BCUT2D eigenvalue weighted by molar-refractivity contribution is 0.546. The van der Waals surface area contributed by atoms with Crippen LogP contribution in [-0.4, -0.2) is 8.76 Å². The van der Waals surface area contributed by atoms with Gasteiger partial charge in [0.25, 0.3) is 0 Å². The third-order valence-electron chi connectivity index (χ3n) is 0.247. The predicted molar refractivity (Wildman–Crippen MR) is 23.7 cm³/mol. The standard InChI is InChI=1S/C3H6O2S/c1-2-3-6(4)5/h2-3H,1H3,(H,4,5)/p-1. The fourth-order valence-electron chi connectivity index (χ4n) is 0.111. The van der Waals surface area contributed by atoms with Gasteiger partial charge in [-0.2, -0.15) is 0 Å². The highest BCUT2D eigenvalue weighted by molar-refractivity contribution is 7.82. The maximum atomic E-state index is 9.51. The summed E-state index contributed by atoms with van der Waals surface area (Å²) in [4.78, 5) is 0. The zero-order valence-electron chi connectivity index (χ0n) is 3.38. The van der Waals surface area contributed by atoms with E-state index >= 15 is 0 Å². The molecule has 0 aliphatic rings. The van der Waals surface area contributed by atoms with E-state index < -0.39 is 11.1 Å². The quantitative estimate of drug-likeness (QED) is 0.453. The Bertz CT molecular complexity index is 76.9. The Labute approximate surface area is 39.2 Å². The van der Waals surface area contributed by atoms with Crippen LogP contribution in [0, 0.1) is 0 Å². The van der Waals surface area contributed by atoms with E-state index in [2.05, 4.69) is 0 Å². The van der Waals surface area contributed by atoms with Crippen molar-refractivity contribution in [1.82, 2.24) is 0 Å². The molecule has 2 nitrogen and oxygen atoms in total. The monoisotopic (exact) mass is 105 g/mol. The van der Waals surface area contributed by atoms with Crippen molar-refractivity contribution in [2.75, 3.05) is 0 Å². The Balaban J connectivity index is 3.30. The van der Waals surface area contributed by atoms with E-state index in [-0.39, 0.29) is 0 Å². The Morgan fingerprint density at radius 1 is 1.83 bits per heavy atom. The summed E-state index contributed by atoms with van der Waals surface area (Å²) >= 11 is -2.00. The van der Waals surface area contributed by atoms with Gasteiger partial charge in [-0.3, -0.25) is 4.21 Å². The van der Waals surface area contributed by atoms with Crippen LogP contribution in [0.1, 0.15) is 6.92 Å². The molecule has 0 radical (unpaired) electrons. The molecule has 0 bridgehead atoms. The Morgan fingerprint density at radius 2 is 2.33 bits per heavy atom. The molecule has 0 saturated heterocycles. The lowest BCUT2D eigenvalue weighted by Crippen LogP contribution is -1.73. The zero-order chi connectivity index (χ0) is 4.99. The molecule has 0 N–H and O–H groups in total. The van der Waals surface area contributed by atoms with Crippen LogP contribution in [0.3, 0.4) is 0 Å². The highest BCUT2D eigenvalue weighted by atomic mass is 32.2. The van der Waals surface area contributed by atoms with Gasteiger partial charge in [0.2, 0.25) is 0 Å². The molecule has 3 heteroatoms. The van der Waals surface area contributed by atoms with Crippen molar-refractivity contribution in [3.05, 3.63) is 11.5 Å². The fraction of sp³-hybridized carbons (Fsp3) is 0.333.